The predicted octanol–water partition coefficient (Wildman–Crippen LogP) is 1.34. The Hall–Kier alpha value is -1.31. The summed E-state index contributed by atoms with van der Waals surface area (Å²) in [6.07, 6.45) is 2.23. The van der Waals surface area contributed by atoms with Crippen LogP contribution in [0.15, 0.2) is 24.3 Å². The third-order valence-corrected chi connectivity index (χ3v) is 4.83. The van der Waals surface area contributed by atoms with Gasteiger partial charge in [-0.3, -0.25) is 9.52 Å². The minimum Gasteiger partial charge on any atom is -0.350 e. The van der Waals surface area contributed by atoms with Crippen molar-refractivity contribution in [1.29, 1.82) is 0 Å². The van der Waals surface area contributed by atoms with Crippen molar-refractivity contribution in [2.75, 3.05) is 17.0 Å². The summed E-state index contributed by atoms with van der Waals surface area (Å²) in [6, 6.07) is 6.50. The number of amides is 1. The maximum atomic E-state index is 12.2. The minimum absolute atomic E-state index is 0. The number of hydrogen-bond donors (Lipinski definition) is 3. The number of halogens is 1. The molecule has 4 N–H and O–H groups in total. The van der Waals surface area contributed by atoms with Gasteiger partial charge in [-0.2, -0.15) is 0 Å². The largest absolute Gasteiger partial charge is 0.350 e. The lowest BCUT2D eigenvalue weighted by Gasteiger charge is -2.14. The first-order valence-electron chi connectivity index (χ1n) is 7.06. The molecule has 0 aromatic heterocycles. The van der Waals surface area contributed by atoms with E-state index in [9.17, 15) is 13.2 Å². The molecule has 0 aliphatic heterocycles. The van der Waals surface area contributed by atoms with Gasteiger partial charge in [0.1, 0.15) is 0 Å². The number of carbonyl (C=O) groups excluding carboxylic acids is 1. The molecule has 0 heterocycles. The molecule has 1 aromatic rings. The molecule has 8 heteroatoms. The number of rotatable bonds is 7. The Balaban J connectivity index is 0.00000242. The van der Waals surface area contributed by atoms with Crippen LogP contribution in [0.2, 0.25) is 0 Å². The Morgan fingerprint density at radius 1 is 1.36 bits per heavy atom. The molecule has 0 radical (unpaired) electrons. The van der Waals surface area contributed by atoms with E-state index in [2.05, 4.69) is 10.0 Å². The molecule has 0 bridgehead atoms. The SMILES string of the molecule is CCS(=O)(=O)Nc1ccccc1C(=O)NCC(N)C1CC1.Cl. The zero-order valence-electron chi connectivity index (χ0n) is 12.4. The van der Waals surface area contributed by atoms with Crippen molar-refractivity contribution in [3.8, 4) is 0 Å². The fraction of sp³-hybridized carbons (Fsp3) is 0.500. The van der Waals surface area contributed by atoms with Crippen LogP contribution in [-0.4, -0.2) is 32.7 Å². The highest BCUT2D eigenvalue weighted by Gasteiger charge is 2.28. The molecule has 6 nitrogen and oxygen atoms in total. The lowest BCUT2D eigenvalue weighted by Crippen LogP contribution is -2.38. The number of nitrogens with one attached hydrogen (secondary N) is 2. The van der Waals surface area contributed by atoms with Crippen molar-refractivity contribution < 1.29 is 13.2 Å². The molecule has 1 amide bonds. The zero-order chi connectivity index (χ0) is 15.5. The molecule has 1 aliphatic carbocycles. The minimum atomic E-state index is -3.42. The number of sulfonamides is 1. The molecule has 1 saturated carbocycles. The van der Waals surface area contributed by atoms with Crippen molar-refractivity contribution in [2.45, 2.75) is 25.8 Å². The second-order valence-electron chi connectivity index (χ2n) is 5.26. The van der Waals surface area contributed by atoms with Gasteiger partial charge in [0.25, 0.3) is 5.91 Å². The van der Waals surface area contributed by atoms with E-state index in [-0.39, 0.29) is 35.8 Å². The van der Waals surface area contributed by atoms with E-state index >= 15 is 0 Å². The fourth-order valence-electron chi connectivity index (χ4n) is 2.01. The number of anilines is 1. The molecule has 1 aromatic carbocycles. The summed E-state index contributed by atoms with van der Waals surface area (Å²) < 4.78 is 25.7. The van der Waals surface area contributed by atoms with Crippen LogP contribution in [0, 0.1) is 5.92 Å². The van der Waals surface area contributed by atoms with E-state index < -0.39 is 10.0 Å². The van der Waals surface area contributed by atoms with E-state index in [1.54, 1.807) is 31.2 Å². The average molecular weight is 348 g/mol. The highest BCUT2D eigenvalue weighted by Crippen LogP contribution is 2.31. The molecule has 1 fully saturated rings. The summed E-state index contributed by atoms with van der Waals surface area (Å²) in [4.78, 5) is 12.2. The van der Waals surface area contributed by atoms with Gasteiger partial charge >= 0.3 is 0 Å². The third-order valence-electron chi connectivity index (χ3n) is 3.54. The standard InChI is InChI=1S/C14H21N3O3S.ClH/c1-2-21(19,20)17-13-6-4-3-5-11(13)14(18)16-9-12(15)10-7-8-10;/h3-6,10,12,17H,2,7-9,15H2,1H3,(H,16,18);1H. The van der Waals surface area contributed by atoms with Gasteiger partial charge in [-0.05, 0) is 37.8 Å². The Kier molecular flexibility index (Phi) is 6.65. The summed E-state index contributed by atoms with van der Waals surface area (Å²) >= 11 is 0. The molecule has 1 aliphatic rings. The number of carbonyl (C=O) groups is 1. The zero-order valence-corrected chi connectivity index (χ0v) is 14.0. The maximum absolute atomic E-state index is 12.2. The monoisotopic (exact) mass is 347 g/mol. The van der Waals surface area contributed by atoms with Gasteiger partial charge in [-0.1, -0.05) is 12.1 Å². The van der Waals surface area contributed by atoms with E-state index in [0.29, 0.717) is 18.0 Å². The highest BCUT2D eigenvalue weighted by atomic mass is 35.5. The van der Waals surface area contributed by atoms with Crippen LogP contribution >= 0.6 is 12.4 Å². The Morgan fingerprint density at radius 2 is 2.00 bits per heavy atom. The Labute approximate surface area is 137 Å². The van der Waals surface area contributed by atoms with Gasteiger partial charge in [-0.25, -0.2) is 8.42 Å². The first-order chi connectivity index (χ1) is 9.93. The Bertz CT molecular complexity index is 618. The van der Waals surface area contributed by atoms with Gasteiger partial charge in [0.05, 0.1) is 17.0 Å². The smallest absolute Gasteiger partial charge is 0.253 e. The van der Waals surface area contributed by atoms with Gasteiger partial charge in [0.15, 0.2) is 0 Å². The van der Waals surface area contributed by atoms with Crippen LogP contribution in [0.5, 0.6) is 0 Å². The lowest BCUT2D eigenvalue weighted by molar-refractivity contribution is 0.0951. The molecule has 1 atom stereocenters. The van der Waals surface area contributed by atoms with Crippen LogP contribution in [0.25, 0.3) is 0 Å². The summed E-state index contributed by atoms with van der Waals surface area (Å²) in [5, 5.41) is 2.77. The van der Waals surface area contributed by atoms with Gasteiger partial charge in [-0.15, -0.1) is 12.4 Å². The molecule has 2 rings (SSSR count). The molecular weight excluding hydrogens is 326 g/mol. The summed E-state index contributed by atoms with van der Waals surface area (Å²) in [5.41, 5.74) is 6.53. The van der Waals surface area contributed by atoms with E-state index in [0.717, 1.165) is 12.8 Å². The fourth-order valence-corrected chi connectivity index (χ4v) is 2.66. The van der Waals surface area contributed by atoms with Crippen LogP contribution in [0.3, 0.4) is 0 Å². The Morgan fingerprint density at radius 3 is 2.59 bits per heavy atom. The first-order valence-corrected chi connectivity index (χ1v) is 8.71. The van der Waals surface area contributed by atoms with Crippen molar-refractivity contribution >= 4 is 34.0 Å². The van der Waals surface area contributed by atoms with Gasteiger partial charge in [0.2, 0.25) is 10.0 Å². The average Bonchev–Trinajstić information content (AvgIpc) is 3.29. The van der Waals surface area contributed by atoms with Gasteiger partial charge in [0, 0.05) is 12.6 Å². The highest BCUT2D eigenvalue weighted by molar-refractivity contribution is 7.92. The predicted molar refractivity (Wildman–Crippen MR) is 89.8 cm³/mol. The van der Waals surface area contributed by atoms with E-state index in [1.165, 1.54) is 0 Å². The number of nitrogens with two attached hydrogens (primary N) is 1. The van der Waals surface area contributed by atoms with Crippen LogP contribution in [-0.2, 0) is 10.0 Å². The maximum Gasteiger partial charge on any atom is 0.253 e. The molecule has 124 valence electrons. The van der Waals surface area contributed by atoms with Crippen molar-refractivity contribution in [3.63, 3.8) is 0 Å². The lowest BCUT2D eigenvalue weighted by atomic mass is 10.1. The number of para-hydroxylation sites is 1. The van der Waals surface area contributed by atoms with Gasteiger partial charge < -0.3 is 11.1 Å². The van der Waals surface area contributed by atoms with Crippen molar-refractivity contribution in [1.82, 2.24) is 5.32 Å². The summed E-state index contributed by atoms with van der Waals surface area (Å²) in [5.74, 6) is 0.134. The molecule has 1 unspecified atom stereocenters. The van der Waals surface area contributed by atoms with E-state index in [1.807, 2.05) is 0 Å². The molecule has 0 saturated heterocycles. The molecule has 22 heavy (non-hydrogen) atoms. The van der Waals surface area contributed by atoms with Crippen LogP contribution in [0.4, 0.5) is 5.69 Å². The van der Waals surface area contributed by atoms with Crippen molar-refractivity contribution in [3.05, 3.63) is 29.8 Å². The summed E-state index contributed by atoms with van der Waals surface area (Å²) in [6.45, 7) is 1.94. The van der Waals surface area contributed by atoms with Crippen molar-refractivity contribution in [2.24, 2.45) is 11.7 Å². The third kappa shape index (κ3) is 5.15. The van der Waals surface area contributed by atoms with Crippen LogP contribution < -0.4 is 15.8 Å². The quantitative estimate of drug-likeness (QED) is 0.692. The number of hydrogen-bond acceptors (Lipinski definition) is 4. The van der Waals surface area contributed by atoms with E-state index in [4.69, 9.17) is 5.73 Å². The second kappa shape index (κ2) is 7.80. The summed E-state index contributed by atoms with van der Waals surface area (Å²) in [7, 11) is -3.42. The van der Waals surface area contributed by atoms with Crippen LogP contribution in [0.1, 0.15) is 30.1 Å². The molecule has 0 spiro atoms. The normalized spacial score (nSPS) is 15.5. The first kappa shape index (κ1) is 18.7. The number of benzene rings is 1. The topological polar surface area (TPSA) is 101 Å². The molecular formula is C14H22ClN3O3S. The second-order valence-corrected chi connectivity index (χ2v) is 7.27.